The van der Waals surface area contributed by atoms with Crippen molar-refractivity contribution in [2.75, 3.05) is 39.6 Å². The Morgan fingerprint density at radius 1 is 0.300 bits per heavy atom. The number of ether oxygens (including phenoxy) is 4. The summed E-state index contributed by atoms with van der Waals surface area (Å²) in [5.74, 6) is -2.42. The summed E-state index contributed by atoms with van der Waals surface area (Å²) in [6, 6.07) is 0. The summed E-state index contributed by atoms with van der Waals surface area (Å²) in [5, 5.41) is 10.6. The lowest BCUT2D eigenvalue weighted by Gasteiger charge is -2.21. The molecule has 0 fully saturated rings. The van der Waals surface area contributed by atoms with Crippen molar-refractivity contribution < 1.29 is 80.2 Å². The zero-order valence-corrected chi connectivity index (χ0v) is 63.6. The second-order valence-electron chi connectivity index (χ2n) is 24.5. The van der Waals surface area contributed by atoms with Gasteiger partial charge in [0.1, 0.15) is 19.3 Å². The molecule has 0 aliphatic carbocycles. The number of aliphatic hydroxyl groups excluding tert-OH is 1. The van der Waals surface area contributed by atoms with Crippen molar-refractivity contribution in [3.8, 4) is 0 Å². The van der Waals surface area contributed by atoms with E-state index in [-0.39, 0.29) is 25.7 Å². The van der Waals surface area contributed by atoms with Gasteiger partial charge in [-0.3, -0.25) is 37.3 Å². The third-order valence-electron chi connectivity index (χ3n) is 15.0. The van der Waals surface area contributed by atoms with Crippen molar-refractivity contribution in [1.29, 1.82) is 0 Å². The Balaban J connectivity index is 5.48. The maximum atomic E-state index is 13.1. The van der Waals surface area contributed by atoms with Gasteiger partial charge in [-0.2, -0.15) is 0 Å². The van der Waals surface area contributed by atoms with Crippen LogP contribution in [0.15, 0.2) is 158 Å². The normalized spacial score (nSPS) is 14.8. The quantitative estimate of drug-likeness (QED) is 0.0169. The van der Waals surface area contributed by atoms with Crippen LogP contribution < -0.4 is 0 Å². The highest BCUT2D eigenvalue weighted by molar-refractivity contribution is 7.47. The average molecular weight is 1440 g/mol. The Kier molecular flexibility index (Phi) is 68.2. The summed E-state index contributed by atoms with van der Waals surface area (Å²) in [6.07, 6.45) is 82.8. The summed E-state index contributed by atoms with van der Waals surface area (Å²) in [7, 11) is -10.0. The van der Waals surface area contributed by atoms with E-state index in [1.807, 2.05) is 30.4 Å². The monoisotopic (exact) mass is 1440 g/mol. The van der Waals surface area contributed by atoms with Crippen LogP contribution in [0.4, 0.5) is 0 Å². The number of carbonyl (C=O) groups excluding carboxylic acids is 4. The number of phosphoric ester groups is 2. The van der Waals surface area contributed by atoms with Gasteiger partial charge in [0.25, 0.3) is 0 Å². The molecule has 0 bridgehead atoms. The molecule has 0 heterocycles. The summed E-state index contributed by atoms with van der Waals surface area (Å²) >= 11 is 0. The SMILES string of the molecule is CC/C=C\C/C=C\C/C=C\C/C=C\C/C=C\CCCC(=O)OCC(COP(=O)(O)OCC(O)COP(=O)(O)OCC(COC(=O)C/C=C\C/C=C\C/C=C\C/C=C\C/C=C\CC)OC(=O)CCCCCCC/C=C\C/C=C\C/C=C\CC)OC(=O)CCCCCCCCCCCCCCC. The molecule has 5 atom stereocenters. The lowest BCUT2D eigenvalue weighted by Crippen LogP contribution is -2.30. The van der Waals surface area contributed by atoms with Crippen LogP contribution in [-0.4, -0.2) is 96.7 Å². The minimum absolute atomic E-state index is 0.0499. The third kappa shape index (κ3) is 71.1. The van der Waals surface area contributed by atoms with Gasteiger partial charge in [0.05, 0.1) is 32.8 Å². The first-order valence-corrected chi connectivity index (χ1v) is 40.7. The standard InChI is InChI=1S/C81H132O17P2/c1-5-9-13-17-21-25-29-33-36-37-40-43-46-50-54-58-62-66-79(84)92-71-76(97-80(85)67-63-59-55-51-47-41-32-28-24-20-16-12-8-4)73-95-99(87,88)93-69-75(82)70-94-100(89,90)96-74-77(98-81(86)68-64-60-56-52-48-44-39-35-31-27-23-19-15-11-7-3)72-91-78(83)65-61-57-53-49-45-42-38-34-30-26-22-18-14-10-6-2/h9-11,13-15,21-23,25-27,33-36,38-40,43,45,49-50,54,57,61,75-77,82H,5-8,12,16-20,24,28-32,37,41-42,44,46-48,51-53,55-56,58-60,62-74H2,1-4H3,(H,87,88)(H,89,90)/b13-9-,14-10-,15-11-,25-21-,26-22-,27-23-,36-33-,38-34-,39-35-,43-40-,49-45-,54-50-,61-57-. The van der Waals surface area contributed by atoms with E-state index in [4.69, 9.17) is 37.0 Å². The molecule has 0 spiro atoms. The Hall–Kier alpha value is -5.32. The molecular weight excluding hydrogens is 1310 g/mol. The number of allylic oxidation sites excluding steroid dienone is 25. The van der Waals surface area contributed by atoms with E-state index in [2.05, 4.69) is 149 Å². The zero-order valence-electron chi connectivity index (χ0n) is 61.8. The van der Waals surface area contributed by atoms with Gasteiger partial charge in [-0.25, -0.2) is 9.13 Å². The topological polar surface area (TPSA) is 237 Å². The summed E-state index contributed by atoms with van der Waals surface area (Å²) in [5.41, 5.74) is 0. The van der Waals surface area contributed by atoms with Gasteiger partial charge >= 0.3 is 39.5 Å². The molecule has 0 radical (unpaired) electrons. The number of rotatable bonds is 69. The predicted octanol–water partition coefficient (Wildman–Crippen LogP) is 21.7. The number of hydrogen-bond acceptors (Lipinski definition) is 15. The molecular formula is C81H132O17P2. The highest BCUT2D eigenvalue weighted by atomic mass is 31.2. The first kappa shape index (κ1) is 94.7. The van der Waals surface area contributed by atoms with E-state index >= 15 is 0 Å². The van der Waals surface area contributed by atoms with E-state index in [1.54, 1.807) is 6.08 Å². The molecule has 0 aromatic heterocycles. The maximum Gasteiger partial charge on any atom is 0.472 e. The lowest BCUT2D eigenvalue weighted by molar-refractivity contribution is -0.161. The Bertz CT molecular complexity index is 2520. The van der Waals surface area contributed by atoms with E-state index in [1.165, 1.54) is 51.4 Å². The summed E-state index contributed by atoms with van der Waals surface area (Å²) in [6.45, 7) is 4.31. The average Bonchev–Trinajstić information content (AvgIpc) is 0.965. The van der Waals surface area contributed by atoms with Crippen molar-refractivity contribution in [2.24, 2.45) is 0 Å². The number of aliphatic hydroxyl groups is 1. The molecule has 17 nitrogen and oxygen atoms in total. The number of carbonyl (C=O) groups is 4. The molecule has 0 aliphatic rings. The maximum absolute atomic E-state index is 13.1. The van der Waals surface area contributed by atoms with Gasteiger partial charge in [-0.1, -0.05) is 282 Å². The molecule has 0 saturated carbocycles. The van der Waals surface area contributed by atoms with Crippen LogP contribution in [0.25, 0.3) is 0 Å². The summed E-state index contributed by atoms with van der Waals surface area (Å²) in [4.78, 5) is 72.8. The van der Waals surface area contributed by atoms with E-state index in [0.717, 1.165) is 135 Å². The highest BCUT2D eigenvalue weighted by Crippen LogP contribution is 2.45. The van der Waals surface area contributed by atoms with Gasteiger partial charge in [-0.15, -0.1) is 0 Å². The zero-order chi connectivity index (χ0) is 73.2. The Morgan fingerprint density at radius 3 is 0.920 bits per heavy atom. The van der Waals surface area contributed by atoms with Crippen LogP contribution in [0, 0.1) is 0 Å². The molecule has 0 saturated heterocycles. The fraction of sp³-hybridized carbons (Fsp3) is 0.630. The van der Waals surface area contributed by atoms with Crippen molar-refractivity contribution in [3.63, 3.8) is 0 Å². The minimum atomic E-state index is -5.01. The van der Waals surface area contributed by atoms with Crippen molar-refractivity contribution >= 4 is 39.5 Å². The molecule has 5 unspecified atom stereocenters. The highest BCUT2D eigenvalue weighted by Gasteiger charge is 2.30. The van der Waals surface area contributed by atoms with Crippen LogP contribution in [0.2, 0.25) is 0 Å². The molecule has 0 aliphatic heterocycles. The van der Waals surface area contributed by atoms with Crippen LogP contribution in [-0.2, 0) is 65.4 Å². The molecule has 19 heteroatoms. The molecule has 100 heavy (non-hydrogen) atoms. The fourth-order valence-corrected chi connectivity index (χ4v) is 11.0. The molecule has 0 rings (SSSR count). The van der Waals surface area contributed by atoms with Gasteiger partial charge < -0.3 is 33.8 Å². The van der Waals surface area contributed by atoms with Gasteiger partial charge in [0, 0.05) is 19.3 Å². The third-order valence-corrected chi connectivity index (χ3v) is 16.9. The molecule has 3 N–H and O–H groups in total. The van der Waals surface area contributed by atoms with Crippen LogP contribution in [0.1, 0.15) is 272 Å². The van der Waals surface area contributed by atoms with Crippen molar-refractivity contribution in [3.05, 3.63) is 158 Å². The van der Waals surface area contributed by atoms with Gasteiger partial charge in [0.15, 0.2) is 12.2 Å². The summed E-state index contributed by atoms with van der Waals surface area (Å²) < 4.78 is 68.3. The van der Waals surface area contributed by atoms with Crippen LogP contribution >= 0.6 is 15.6 Å². The number of esters is 4. The van der Waals surface area contributed by atoms with Gasteiger partial charge in [0.2, 0.25) is 0 Å². The second kappa shape index (κ2) is 72.0. The second-order valence-corrected chi connectivity index (χ2v) is 27.4. The molecule has 0 aromatic carbocycles. The van der Waals surface area contributed by atoms with Crippen LogP contribution in [0.5, 0.6) is 0 Å². The van der Waals surface area contributed by atoms with E-state index < -0.39 is 97.5 Å². The number of hydrogen-bond donors (Lipinski definition) is 3. The van der Waals surface area contributed by atoms with Crippen molar-refractivity contribution in [1.82, 2.24) is 0 Å². The largest absolute Gasteiger partial charge is 0.472 e. The van der Waals surface area contributed by atoms with E-state index in [9.17, 15) is 43.2 Å². The number of phosphoric acid groups is 2. The first-order valence-electron chi connectivity index (χ1n) is 37.7. The Labute approximate surface area is 604 Å². The smallest absolute Gasteiger partial charge is 0.462 e. The predicted molar refractivity (Wildman–Crippen MR) is 408 cm³/mol. The lowest BCUT2D eigenvalue weighted by atomic mass is 10.0. The van der Waals surface area contributed by atoms with Gasteiger partial charge in [-0.05, 0) is 122 Å². The van der Waals surface area contributed by atoms with Crippen molar-refractivity contribution in [2.45, 2.75) is 290 Å². The number of unbranched alkanes of at least 4 members (excludes halogenated alkanes) is 18. The molecule has 0 amide bonds. The first-order chi connectivity index (χ1) is 48.7. The minimum Gasteiger partial charge on any atom is -0.462 e. The van der Waals surface area contributed by atoms with E-state index in [0.29, 0.717) is 32.1 Å². The molecule has 0 aromatic rings. The Morgan fingerprint density at radius 2 is 0.570 bits per heavy atom. The fourth-order valence-electron chi connectivity index (χ4n) is 9.40. The molecule has 568 valence electrons. The van der Waals surface area contributed by atoms with Crippen LogP contribution in [0.3, 0.4) is 0 Å².